The predicted molar refractivity (Wildman–Crippen MR) is 86.6 cm³/mol. The second-order valence-corrected chi connectivity index (χ2v) is 6.20. The van der Waals surface area contributed by atoms with Crippen molar-refractivity contribution in [1.29, 1.82) is 0 Å². The normalized spacial score (nSPS) is 18.6. The van der Waals surface area contributed by atoms with Gasteiger partial charge in [-0.15, -0.1) is 0 Å². The molecule has 0 amide bonds. The topological polar surface area (TPSA) is 41.5 Å². The van der Waals surface area contributed by atoms with E-state index in [4.69, 9.17) is 4.74 Å². The van der Waals surface area contributed by atoms with Gasteiger partial charge < -0.3 is 15.2 Å². The van der Waals surface area contributed by atoms with Crippen molar-refractivity contribution >= 4 is 0 Å². The van der Waals surface area contributed by atoms with Crippen LogP contribution in [0.4, 0.5) is 0 Å². The van der Waals surface area contributed by atoms with E-state index < -0.39 is 0 Å². The Morgan fingerprint density at radius 1 is 1.33 bits per heavy atom. The molecule has 0 bridgehead atoms. The minimum Gasteiger partial charge on any atom is -0.491 e. The van der Waals surface area contributed by atoms with Crippen LogP contribution in [-0.4, -0.2) is 24.4 Å². The Morgan fingerprint density at radius 2 is 2.10 bits per heavy atom. The maximum Gasteiger partial charge on any atom is 0.119 e. The van der Waals surface area contributed by atoms with Gasteiger partial charge in [0, 0.05) is 6.04 Å². The molecule has 21 heavy (non-hydrogen) atoms. The molecule has 0 aliphatic heterocycles. The quantitative estimate of drug-likeness (QED) is 0.768. The highest BCUT2D eigenvalue weighted by atomic mass is 16.5. The summed E-state index contributed by atoms with van der Waals surface area (Å²) in [6.07, 6.45) is 5.72. The standard InChI is InChI=1S/C18H29NO2/c1-3-19-14(2)16-9-6-10-18(12-16)21-13-17(20)11-15-7-4-5-8-15/h6,9-10,12,14-15,17,19-20H,3-5,7-8,11,13H2,1-2H3. The van der Waals surface area contributed by atoms with Crippen molar-refractivity contribution in [1.82, 2.24) is 5.32 Å². The summed E-state index contributed by atoms with van der Waals surface area (Å²) in [6.45, 7) is 5.61. The van der Waals surface area contributed by atoms with Gasteiger partial charge in [-0.25, -0.2) is 0 Å². The monoisotopic (exact) mass is 291 g/mol. The molecule has 2 atom stereocenters. The maximum atomic E-state index is 10.1. The van der Waals surface area contributed by atoms with E-state index in [0.717, 1.165) is 18.7 Å². The third kappa shape index (κ3) is 5.33. The Kier molecular flexibility index (Phi) is 6.52. The molecule has 2 unspecified atom stereocenters. The molecule has 2 rings (SSSR count). The van der Waals surface area contributed by atoms with Crippen LogP contribution in [0.25, 0.3) is 0 Å². The van der Waals surface area contributed by atoms with Gasteiger partial charge in [0.2, 0.25) is 0 Å². The van der Waals surface area contributed by atoms with Gasteiger partial charge in [-0.05, 0) is 43.5 Å². The average Bonchev–Trinajstić information content (AvgIpc) is 2.98. The lowest BCUT2D eigenvalue weighted by atomic mass is 10.0. The SMILES string of the molecule is CCNC(C)c1cccc(OCC(O)CC2CCCC2)c1. The number of benzene rings is 1. The van der Waals surface area contributed by atoms with Crippen LogP contribution < -0.4 is 10.1 Å². The van der Waals surface area contributed by atoms with E-state index in [1.807, 2.05) is 12.1 Å². The van der Waals surface area contributed by atoms with Gasteiger partial charge in [-0.1, -0.05) is 44.7 Å². The van der Waals surface area contributed by atoms with Crippen LogP contribution in [0.15, 0.2) is 24.3 Å². The van der Waals surface area contributed by atoms with Crippen LogP contribution in [-0.2, 0) is 0 Å². The zero-order valence-electron chi connectivity index (χ0n) is 13.3. The van der Waals surface area contributed by atoms with Gasteiger partial charge in [0.25, 0.3) is 0 Å². The second kappa shape index (κ2) is 8.40. The molecule has 1 aromatic carbocycles. The molecular formula is C18H29NO2. The highest BCUT2D eigenvalue weighted by molar-refractivity contribution is 5.30. The van der Waals surface area contributed by atoms with Crippen molar-refractivity contribution in [3.05, 3.63) is 29.8 Å². The molecule has 3 nitrogen and oxygen atoms in total. The van der Waals surface area contributed by atoms with E-state index in [-0.39, 0.29) is 6.10 Å². The van der Waals surface area contributed by atoms with E-state index in [9.17, 15) is 5.11 Å². The van der Waals surface area contributed by atoms with Crippen LogP contribution in [0.1, 0.15) is 57.6 Å². The zero-order valence-corrected chi connectivity index (χ0v) is 13.3. The number of hydrogen-bond acceptors (Lipinski definition) is 3. The molecule has 2 N–H and O–H groups in total. The molecule has 1 fully saturated rings. The third-order valence-corrected chi connectivity index (χ3v) is 4.39. The minimum absolute atomic E-state index is 0.321. The Bertz CT molecular complexity index is 415. The van der Waals surface area contributed by atoms with Crippen molar-refractivity contribution in [3.63, 3.8) is 0 Å². The third-order valence-electron chi connectivity index (χ3n) is 4.39. The molecule has 1 aromatic rings. The Morgan fingerprint density at radius 3 is 2.81 bits per heavy atom. The Labute approximate surface area is 128 Å². The van der Waals surface area contributed by atoms with E-state index >= 15 is 0 Å². The van der Waals surface area contributed by atoms with Gasteiger partial charge >= 0.3 is 0 Å². The summed E-state index contributed by atoms with van der Waals surface area (Å²) in [5, 5.41) is 13.5. The lowest BCUT2D eigenvalue weighted by Gasteiger charge is -2.17. The van der Waals surface area contributed by atoms with E-state index in [2.05, 4.69) is 31.3 Å². The van der Waals surface area contributed by atoms with Gasteiger partial charge in [0.15, 0.2) is 0 Å². The molecule has 1 aliphatic carbocycles. The number of nitrogens with one attached hydrogen (secondary N) is 1. The molecule has 1 saturated carbocycles. The van der Waals surface area contributed by atoms with Gasteiger partial charge in [0.1, 0.15) is 12.4 Å². The van der Waals surface area contributed by atoms with Crippen LogP contribution in [0.2, 0.25) is 0 Å². The molecule has 3 heteroatoms. The second-order valence-electron chi connectivity index (χ2n) is 6.20. The summed E-state index contributed by atoms with van der Waals surface area (Å²) in [5.41, 5.74) is 1.22. The molecular weight excluding hydrogens is 262 g/mol. The first kappa shape index (κ1) is 16.3. The molecule has 0 aromatic heterocycles. The Balaban J connectivity index is 1.80. The average molecular weight is 291 g/mol. The fourth-order valence-corrected chi connectivity index (χ4v) is 3.19. The van der Waals surface area contributed by atoms with Crippen LogP contribution in [0.3, 0.4) is 0 Å². The number of hydrogen-bond donors (Lipinski definition) is 2. The van der Waals surface area contributed by atoms with Crippen molar-refractivity contribution in [3.8, 4) is 5.75 Å². The van der Waals surface area contributed by atoms with Gasteiger partial charge in [-0.2, -0.15) is 0 Å². The molecule has 0 spiro atoms. The van der Waals surface area contributed by atoms with Gasteiger partial charge in [-0.3, -0.25) is 0 Å². The summed E-state index contributed by atoms with van der Waals surface area (Å²) in [4.78, 5) is 0. The first-order chi connectivity index (χ1) is 10.2. The number of ether oxygens (including phenoxy) is 1. The number of aliphatic hydroxyl groups is 1. The summed E-state index contributed by atoms with van der Waals surface area (Å²) >= 11 is 0. The largest absolute Gasteiger partial charge is 0.491 e. The minimum atomic E-state index is -0.344. The molecule has 0 saturated heterocycles. The van der Waals surface area contributed by atoms with Crippen molar-refractivity contribution in [2.24, 2.45) is 5.92 Å². The molecule has 118 valence electrons. The van der Waals surface area contributed by atoms with Crippen LogP contribution in [0, 0.1) is 5.92 Å². The maximum absolute atomic E-state index is 10.1. The highest BCUT2D eigenvalue weighted by Crippen LogP contribution is 2.28. The molecule has 1 aliphatic rings. The van der Waals surface area contributed by atoms with Gasteiger partial charge in [0.05, 0.1) is 6.10 Å². The molecule has 0 radical (unpaired) electrons. The van der Waals surface area contributed by atoms with Crippen molar-refractivity contribution in [2.45, 2.75) is 58.1 Å². The zero-order chi connectivity index (χ0) is 15.1. The lowest BCUT2D eigenvalue weighted by Crippen LogP contribution is -2.21. The summed E-state index contributed by atoms with van der Waals surface area (Å²) in [7, 11) is 0. The fraction of sp³-hybridized carbons (Fsp3) is 0.667. The van der Waals surface area contributed by atoms with Crippen LogP contribution in [0.5, 0.6) is 5.75 Å². The van der Waals surface area contributed by atoms with E-state index in [1.165, 1.54) is 31.2 Å². The van der Waals surface area contributed by atoms with Crippen molar-refractivity contribution in [2.75, 3.05) is 13.2 Å². The summed E-state index contributed by atoms with van der Waals surface area (Å²) in [6, 6.07) is 8.47. The summed E-state index contributed by atoms with van der Waals surface area (Å²) in [5.74, 6) is 1.55. The molecule has 0 heterocycles. The lowest BCUT2D eigenvalue weighted by molar-refractivity contribution is 0.0855. The highest BCUT2D eigenvalue weighted by Gasteiger charge is 2.19. The fourth-order valence-electron chi connectivity index (χ4n) is 3.19. The van der Waals surface area contributed by atoms with Crippen molar-refractivity contribution < 1.29 is 9.84 Å². The van der Waals surface area contributed by atoms with E-state index in [0.29, 0.717) is 18.6 Å². The summed E-state index contributed by atoms with van der Waals surface area (Å²) < 4.78 is 5.77. The van der Waals surface area contributed by atoms with Crippen LogP contribution >= 0.6 is 0 Å². The predicted octanol–water partition coefficient (Wildman–Crippen LogP) is 3.68. The smallest absolute Gasteiger partial charge is 0.119 e. The first-order valence-electron chi connectivity index (χ1n) is 8.33. The first-order valence-corrected chi connectivity index (χ1v) is 8.33. The Hall–Kier alpha value is -1.06. The van der Waals surface area contributed by atoms with E-state index in [1.54, 1.807) is 0 Å². The number of aliphatic hydroxyl groups excluding tert-OH is 1. The number of rotatable bonds is 8.